The molecule has 7 nitrogen and oxygen atoms in total. The maximum atomic E-state index is 11.0. The normalized spacial score (nSPS) is 11.1. The van der Waals surface area contributed by atoms with Crippen molar-refractivity contribution >= 4 is 23.1 Å². The molecule has 1 N–H and O–H groups in total. The topological polar surface area (TPSA) is 108 Å². The van der Waals surface area contributed by atoms with E-state index in [0.29, 0.717) is 22.5 Å². The Kier molecular flexibility index (Phi) is 4.70. The van der Waals surface area contributed by atoms with Crippen molar-refractivity contribution in [2.75, 3.05) is 5.43 Å². The van der Waals surface area contributed by atoms with Crippen LogP contribution in [0.5, 0.6) is 0 Å². The molecule has 0 spiro atoms. The quantitative estimate of drug-likeness (QED) is 0.517. The van der Waals surface area contributed by atoms with Crippen molar-refractivity contribution < 1.29 is 14.8 Å². The highest BCUT2D eigenvalue weighted by atomic mass is 16.6. The molecule has 0 aliphatic carbocycles. The van der Waals surface area contributed by atoms with Crippen molar-refractivity contribution in [2.45, 2.75) is 13.8 Å². The van der Waals surface area contributed by atoms with Crippen LogP contribution in [-0.4, -0.2) is 16.6 Å². The lowest BCUT2D eigenvalue weighted by atomic mass is 10.1. The zero-order valence-corrected chi connectivity index (χ0v) is 12.6. The maximum Gasteiger partial charge on any atom is 0.272 e. The second-order valence-corrected chi connectivity index (χ2v) is 4.93. The largest absolute Gasteiger partial charge is 0.545 e. The third-order valence-corrected chi connectivity index (χ3v) is 3.30. The summed E-state index contributed by atoms with van der Waals surface area (Å²) in [6.45, 7) is 3.39. The summed E-state index contributed by atoms with van der Waals surface area (Å²) in [5.74, 6) is -1.25. The van der Waals surface area contributed by atoms with E-state index < -0.39 is 10.9 Å². The van der Waals surface area contributed by atoms with Crippen LogP contribution in [0.25, 0.3) is 0 Å². The van der Waals surface area contributed by atoms with E-state index in [-0.39, 0.29) is 11.3 Å². The van der Waals surface area contributed by atoms with Gasteiger partial charge in [-0.15, -0.1) is 0 Å². The van der Waals surface area contributed by atoms with Gasteiger partial charge in [0.1, 0.15) is 0 Å². The predicted octanol–water partition coefficient (Wildman–Crippen LogP) is 2.10. The van der Waals surface area contributed by atoms with Gasteiger partial charge in [-0.3, -0.25) is 15.5 Å². The Morgan fingerprint density at radius 1 is 1.13 bits per heavy atom. The molecule has 2 aromatic rings. The molecule has 0 heterocycles. The van der Waals surface area contributed by atoms with Gasteiger partial charge in [0.05, 0.1) is 22.3 Å². The number of carbonyl (C=O) groups is 1. The number of nitro benzene ring substituents is 1. The van der Waals surface area contributed by atoms with Gasteiger partial charge in [-0.25, -0.2) is 0 Å². The first-order valence-electron chi connectivity index (χ1n) is 6.75. The first-order chi connectivity index (χ1) is 10.9. The summed E-state index contributed by atoms with van der Waals surface area (Å²) in [6, 6.07) is 10.8. The Labute approximate surface area is 132 Å². The third-order valence-electron chi connectivity index (χ3n) is 3.30. The minimum absolute atomic E-state index is 0.0374. The monoisotopic (exact) mass is 312 g/mol. The van der Waals surface area contributed by atoms with Crippen molar-refractivity contribution in [1.82, 2.24) is 0 Å². The predicted molar refractivity (Wildman–Crippen MR) is 84.4 cm³/mol. The average Bonchev–Trinajstić information content (AvgIpc) is 2.53. The Hall–Kier alpha value is -3.22. The Balaban J connectivity index is 2.18. The minimum atomic E-state index is -1.25. The molecule has 23 heavy (non-hydrogen) atoms. The van der Waals surface area contributed by atoms with E-state index in [1.54, 1.807) is 38.1 Å². The molecule has 0 radical (unpaired) electrons. The van der Waals surface area contributed by atoms with Crippen LogP contribution in [0.4, 0.5) is 11.4 Å². The fourth-order valence-corrected chi connectivity index (χ4v) is 1.92. The van der Waals surface area contributed by atoms with Gasteiger partial charge < -0.3 is 9.90 Å². The number of nitro groups is 1. The summed E-state index contributed by atoms with van der Waals surface area (Å²) in [4.78, 5) is 21.2. The smallest absolute Gasteiger partial charge is 0.272 e. The fraction of sp³-hybridized carbons (Fsp3) is 0.125. The first-order valence-corrected chi connectivity index (χ1v) is 6.75. The number of hydrogen-bond donors (Lipinski definition) is 1. The number of benzene rings is 2. The molecule has 2 rings (SSSR count). The number of rotatable bonds is 5. The highest BCUT2D eigenvalue weighted by Crippen LogP contribution is 2.20. The van der Waals surface area contributed by atoms with E-state index in [4.69, 9.17) is 0 Å². The Morgan fingerprint density at radius 2 is 1.74 bits per heavy atom. The molecule has 0 saturated carbocycles. The molecule has 0 aliphatic rings. The first kappa shape index (κ1) is 16.2. The number of carboxylic acid groups (broad SMARTS) is 1. The van der Waals surface area contributed by atoms with E-state index >= 15 is 0 Å². The molecule has 0 unspecified atom stereocenters. The van der Waals surface area contributed by atoms with Crippen molar-refractivity contribution in [3.05, 3.63) is 69.3 Å². The van der Waals surface area contributed by atoms with Crippen LogP contribution in [0.1, 0.15) is 28.4 Å². The molecule has 0 aliphatic heterocycles. The molecule has 0 aromatic heterocycles. The molecular weight excluding hydrogens is 298 g/mol. The van der Waals surface area contributed by atoms with Crippen molar-refractivity contribution in [1.29, 1.82) is 0 Å². The average molecular weight is 312 g/mol. The highest BCUT2D eigenvalue weighted by molar-refractivity contribution is 5.99. The lowest BCUT2D eigenvalue weighted by Gasteiger charge is -2.06. The minimum Gasteiger partial charge on any atom is -0.545 e. The number of hydrazone groups is 1. The molecule has 7 heteroatoms. The summed E-state index contributed by atoms with van der Waals surface area (Å²) >= 11 is 0. The highest BCUT2D eigenvalue weighted by Gasteiger charge is 2.12. The molecule has 0 amide bonds. The van der Waals surface area contributed by atoms with Gasteiger partial charge in [-0.2, -0.15) is 5.10 Å². The van der Waals surface area contributed by atoms with Gasteiger partial charge >= 0.3 is 0 Å². The summed E-state index contributed by atoms with van der Waals surface area (Å²) in [5.41, 5.74) is 5.26. The molecule has 0 saturated heterocycles. The van der Waals surface area contributed by atoms with Crippen LogP contribution in [0.15, 0.2) is 47.6 Å². The number of aryl methyl sites for hydroxylation is 1. The van der Waals surface area contributed by atoms with Gasteiger partial charge in [0.25, 0.3) is 5.69 Å². The van der Waals surface area contributed by atoms with Crippen LogP contribution in [0, 0.1) is 17.0 Å². The van der Waals surface area contributed by atoms with Crippen LogP contribution in [0.3, 0.4) is 0 Å². The maximum absolute atomic E-state index is 11.0. The lowest BCUT2D eigenvalue weighted by molar-refractivity contribution is -0.385. The van der Waals surface area contributed by atoms with Crippen LogP contribution in [-0.2, 0) is 0 Å². The number of aromatic carboxylic acids is 1. The van der Waals surface area contributed by atoms with Crippen LogP contribution in [0.2, 0.25) is 0 Å². The van der Waals surface area contributed by atoms with Crippen LogP contribution >= 0.6 is 0 Å². The van der Waals surface area contributed by atoms with E-state index in [0.717, 1.165) is 0 Å². The number of nitrogens with one attached hydrogen (secondary N) is 1. The Morgan fingerprint density at radius 3 is 2.30 bits per heavy atom. The van der Waals surface area contributed by atoms with E-state index in [9.17, 15) is 20.0 Å². The summed E-state index contributed by atoms with van der Waals surface area (Å²) in [5, 5.41) is 25.8. The molecule has 2 aromatic carbocycles. The molecular formula is C16H14N3O4-. The van der Waals surface area contributed by atoms with Gasteiger partial charge in [0, 0.05) is 17.2 Å². The fourth-order valence-electron chi connectivity index (χ4n) is 1.92. The molecule has 0 atom stereocenters. The molecule has 0 fully saturated rings. The summed E-state index contributed by atoms with van der Waals surface area (Å²) in [6.07, 6.45) is 0. The lowest BCUT2D eigenvalue weighted by Crippen LogP contribution is -2.21. The Bertz CT molecular complexity index is 782. The van der Waals surface area contributed by atoms with Crippen molar-refractivity contribution in [2.24, 2.45) is 5.10 Å². The second kappa shape index (κ2) is 6.69. The van der Waals surface area contributed by atoms with Crippen LogP contribution < -0.4 is 10.5 Å². The number of carboxylic acids is 1. The van der Waals surface area contributed by atoms with Gasteiger partial charge in [-0.1, -0.05) is 24.3 Å². The third kappa shape index (κ3) is 3.91. The van der Waals surface area contributed by atoms with E-state index in [1.807, 2.05) is 0 Å². The second-order valence-electron chi connectivity index (χ2n) is 4.93. The zero-order chi connectivity index (χ0) is 17.0. The zero-order valence-electron chi connectivity index (χ0n) is 12.6. The summed E-state index contributed by atoms with van der Waals surface area (Å²) in [7, 11) is 0. The van der Waals surface area contributed by atoms with E-state index in [1.165, 1.54) is 18.2 Å². The van der Waals surface area contributed by atoms with Gasteiger partial charge in [0.2, 0.25) is 0 Å². The van der Waals surface area contributed by atoms with E-state index in [2.05, 4.69) is 10.5 Å². The number of carbonyl (C=O) groups excluding carboxylic acids is 1. The van der Waals surface area contributed by atoms with Gasteiger partial charge in [0.15, 0.2) is 0 Å². The van der Waals surface area contributed by atoms with Crippen molar-refractivity contribution in [3.63, 3.8) is 0 Å². The van der Waals surface area contributed by atoms with Crippen molar-refractivity contribution in [3.8, 4) is 0 Å². The number of anilines is 1. The van der Waals surface area contributed by atoms with Gasteiger partial charge in [-0.05, 0) is 31.5 Å². The standard InChI is InChI=1S/C16H15N3O4/c1-10-3-4-13(9-15(10)19(22)23)11(2)17-18-14-7-5-12(6-8-14)16(20)21/h3-9,18H,1-2H3,(H,20,21)/p-1/b17-11-. The summed E-state index contributed by atoms with van der Waals surface area (Å²) < 4.78 is 0. The molecule has 118 valence electrons. The molecule has 0 bridgehead atoms. The number of nitrogens with zero attached hydrogens (tertiary/aromatic N) is 2. The number of hydrogen-bond acceptors (Lipinski definition) is 6. The SMILES string of the molecule is C/C(=N/Nc1ccc(C(=O)[O-])cc1)c1ccc(C)c([N+](=O)[O-])c1.